The summed E-state index contributed by atoms with van der Waals surface area (Å²) in [7, 11) is 0. The van der Waals surface area contributed by atoms with Gasteiger partial charge >= 0.3 is 0 Å². The molecule has 1 heterocycles. The van der Waals surface area contributed by atoms with Crippen molar-refractivity contribution in [3.8, 4) is 5.75 Å². The van der Waals surface area contributed by atoms with E-state index in [4.69, 9.17) is 4.74 Å². The zero-order valence-electron chi connectivity index (χ0n) is 14.8. The molecule has 0 saturated carbocycles. The molecule has 0 amide bonds. The van der Waals surface area contributed by atoms with E-state index in [0.29, 0.717) is 34.8 Å². The van der Waals surface area contributed by atoms with Crippen LogP contribution in [0.2, 0.25) is 0 Å². The number of carbonyl (C=O) groups excluding carboxylic acids is 1. The largest absolute Gasteiger partial charge is 0.494 e. The van der Waals surface area contributed by atoms with Gasteiger partial charge in [0, 0.05) is 12.1 Å². The molecule has 0 bridgehead atoms. The third-order valence-electron chi connectivity index (χ3n) is 3.96. The molecule has 0 unspecified atom stereocenters. The van der Waals surface area contributed by atoms with E-state index in [1.807, 2.05) is 32.0 Å². The fourth-order valence-electron chi connectivity index (χ4n) is 2.65. The van der Waals surface area contributed by atoms with Crippen molar-refractivity contribution in [2.45, 2.75) is 25.5 Å². The lowest BCUT2D eigenvalue weighted by Crippen LogP contribution is -2.22. The SMILES string of the molecule is CCOc1ccc(C(=O)CSc2nc3ccccc3c(=O)n2CC)cc1. The summed E-state index contributed by atoms with van der Waals surface area (Å²) in [5, 5.41) is 1.16. The van der Waals surface area contributed by atoms with Gasteiger partial charge in [-0.25, -0.2) is 4.98 Å². The summed E-state index contributed by atoms with van der Waals surface area (Å²) in [6, 6.07) is 14.4. The number of para-hydroxylation sites is 1. The Morgan fingerprint density at radius 1 is 1.12 bits per heavy atom. The van der Waals surface area contributed by atoms with Crippen LogP contribution < -0.4 is 10.3 Å². The number of thioether (sulfide) groups is 1. The van der Waals surface area contributed by atoms with Crippen LogP contribution in [0.25, 0.3) is 10.9 Å². The second-order valence-electron chi connectivity index (χ2n) is 5.63. The lowest BCUT2D eigenvalue weighted by molar-refractivity contribution is 0.102. The third-order valence-corrected chi connectivity index (χ3v) is 4.94. The molecule has 26 heavy (non-hydrogen) atoms. The van der Waals surface area contributed by atoms with E-state index in [1.165, 1.54) is 11.8 Å². The van der Waals surface area contributed by atoms with Gasteiger partial charge in [0.2, 0.25) is 0 Å². The van der Waals surface area contributed by atoms with E-state index >= 15 is 0 Å². The average molecular weight is 368 g/mol. The van der Waals surface area contributed by atoms with Gasteiger partial charge in [0.15, 0.2) is 10.9 Å². The first kappa shape index (κ1) is 18.2. The molecule has 0 atom stereocenters. The van der Waals surface area contributed by atoms with Crippen molar-refractivity contribution in [1.82, 2.24) is 9.55 Å². The second kappa shape index (κ2) is 8.19. The minimum Gasteiger partial charge on any atom is -0.494 e. The van der Waals surface area contributed by atoms with Crippen LogP contribution in [-0.4, -0.2) is 27.7 Å². The molecule has 5 nitrogen and oxygen atoms in total. The van der Waals surface area contributed by atoms with Crippen molar-refractivity contribution in [2.75, 3.05) is 12.4 Å². The number of hydrogen-bond acceptors (Lipinski definition) is 5. The Hall–Kier alpha value is -2.60. The first-order valence-electron chi connectivity index (χ1n) is 8.52. The Morgan fingerprint density at radius 3 is 2.54 bits per heavy atom. The summed E-state index contributed by atoms with van der Waals surface area (Å²) in [6.45, 7) is 4.91. The average Bonchev–Trinajstić information content (AvgIpc) is 2.67. The molecular weight excluding hydrogens is 348 g/mol. The van der Waals surface area contributed by atoms with Crippen LogP contribution in [0.3, 0.4) is 0 Å². The Bertz CT molecular complexity index is 981. The smallest absolute Gasteiger partial charge is 0.262 e. The summed E-state index contributed by atoms with van der Waals surface area (Å²) in [4.78, 5) is 29.6. The summed E-state index contributed by atoms with van der Waals surface area (Å²) in [5.74, 6) is 0.953. The molecule has 0 aliphatic carbocycles. The molecule has 1 aromatic heterocycles. The van der Waals surface area contributed by atoms with Crippen LogP contribution in [0.15, 0.2) is 58.5 Å². The summed E-state index contributed by atoms with van der Waals surface area (Å²) >= 11 is 1.29. The standard InChI is InChI=1S/C20H20N2O3S/c1-3-22-19(24)16-7-5-6-8-17(16)21-20(22)26-13-18(23)14-9-11-15(12-10-14)25-4-2/h5-12H,3-4,13H2,1-2H3. The molecule has 3 rings (SSSR count). The van der Waals surface area contributed by atoms with Gasteiger partial charge in [0.1, 0.15) is 5.75 Å². The van der Waals surface area contributed by atoms with Crippen LogP contribution in [-0.2, 0) is 6.54 Å². The number of ether oxygens (including phenoxy) is 1. The summed E-state index contributed by atoms with van der Waals surface area (Å²) < 4.78 is 7.00. The number of rotatable bonds is 7. The zero-order chi connectivity index (χ0) is 18.5. The zero-order valence-corrected chi connectivity index (χ0v) is 15.6. The molecular formula is C20H20N2O3S. The Labute approximate surface area is 156 Å². The predicted molar refractivity (Wildman–Crippen MR) is 104 cm³/mol. The van der Waals surface area contributed by atoms with E-state index in [-0.39, 0.29) is 17.1 Å². The van der Waals surface area contributed by atoms with Crippen molar-refractivity contribution < 1.29 is 9.53 Å². The Morgan fingerprint density at radius 2 is 1.85 bits per heavy atom. The quantitative estimate of drug-likeness (QED) is 0.361. The normalized spacial score (nSPS) is 10.8. The van der Waals surface area contributed by atoms with Crippen LogP contribution in [0.4, 0.5) is 0 Å². The molecule has 6 heteroatoms. The molecule has 2 aromatic carbocycles. The topological polar surface area (TPSA) is 61.2 Å². The number of ketones is 1. The lowest BCUT2D eigenvalue weighted by atomic mass is 10.1. The highest BCUT2D eigenvalue weighted by Crippen LogP contribution is 2.20. The van der Waals surface area contributed by atoms with E-state index < -0.39 is 0 Å². The number of hydrogen-bond donors (Lipinski definition) is 0. The van der Waals surface area contributed by atoms with Crippen molar-refractivity contribution >= 4 is 28.4 Å². The maximum atomic E-state index is 12.6. The number of fused-ring (bicyclic) bond motifs is 1. The maximum Gasteiger partial charge on any atom is 0.262 e. The van der Waals surface area contributed by atoms with Crippen molar-refractivity contribution in [2.24, 2.45) is 0 Å². The third kappa shape index (κ3) is 3.80. The summed E-state index contributed by atoms with van der Waals surface area (Å²) in [5.41, 5.74) is 1.19. The van der Waals surface area contributed by atoms with E-state index in [1.54, 1.807) is 34.9 Å². The van der Waals surface area contributed by atoms with Gasteiger partial charge in [-0.3, -0.25) is 14.2 Å². The van der Waals surface area contributed by atoms with Gasteiger partial charge in [-0.05, 0) is 50.2 Å². The number of benzene rings is 2. The monoisotopic (exact) mass is 368 g/mol. The minimum atomic E-state index is -0.0749. The molecule has 0 spiro atoms. The van der Waals surface area contributed by atoms with Gasteiger partial charge in [-0.15, -0.1) is 0 Å². The number of nitrogens with zero attached hydrogens (tertiary/aromatic N) is 2. The van der Waals surface area contributed by atoms with E-state index in [2.05, 4.69) is 4.98 Å². The number of Topliss-reactive ketones (excluding diaryl/α,β-unsaturated/α-hetero) is 1. The highest BCUT2D eigenvalue weighted by molar-refractivity contribution is 7.99. The molecule has 3 aromatic rings. The molecule has 0 radical (unpaired) electrons. The number of aromatic nitrogens is 2. The first-order chi connectivity index (χ1) is 12.6. The van der Waals surface area contributed by atoms with Crippen LogP contribution >= 0.6 is 11.8 Å². The lowest BCUT2D eigenvalue weighted by Gasteiger charge is -2.11. The van der Waals surface area contributed by atoms with E-state index in [0.717, 1.165) is 5.75 Å². The molecule has 0 saturated heterocycles. The van der Waals surface area contributed by atoms with Crippen LogP contribution in [0, 0.1) is 0 Å². The van der Waals surface area contributed by atoms with Gasteiger partial charge in [-0.2, -0.15) is 0 Å². The van der Waals surface area contributed by atoms with Crippen LogP contribution in [0.1, 0.15) is 24.2 Å². The van der Waals surface area contributed by atoms with Crippen molar-refractivity contribution in [1.29, 1.82) is 0 Å². The molecule has 134 valence electrons. The molecule has 0 N–H and O–H groups in total. The van der Waals surface area contributed by atoms with Crippen molar-refractivity contribution in [3.63, 3.8) is 0 Å². The number of carbonyl (C=O) groups is 1. The Kier molecular flexibility index (Phi) is 5.73. The molecule has 0 fully saturated rings. The predicted octanol–water partition coefficient (Wildman–Crippen LogP) is 3.79. The fourth-order valence-corrected chi connectivity index (χ4v) is 3.61. The van der Waals surface area contributed by atoms with Crippen LogP contribution in [0.5, 0.6) is 5.75 Å². The van der Waals surface area contributed by atoms with Gasteiger partial charge in [-0.1, -0.05) is 23.9 Å². The second-order valence-corrected chi connectivity index (χ2v) is 6.57. The maximum absolute atomic E-state index is 12.6. The van der Waals surface area contributed by atoms with Gasteiger partial charge in [0.25, 0.3) is 5.56 Å². The first-order valence-corrected chi connectivity index (χ1v) is 9.51. The highest BCUT2D eigenvalue weighted by Gasteiger charge is 2.13. The summed E-state index contributed by atoms with van der Waals surface area (Å²) in [6.07, 6.45) is 0. The van der Waals surface area contributed by atoms with Gasteiger partial charge < -0.3 is 4.74 Å². The molecule has 0 aliphatic heterocycles. The van der Waals surface area contributed by atoms with Crippen molar-refractivity contribution in [3.05, 3.63) is 64.4 Å². The van der Waals surface area contributed by atoms with E-state index in [9.17, 15) is 9.59 Å². The highest BCUT2D eigenvalue weighted by atomic mass is 32.2. The Balaban J connectivity index is 1.80. The van der Waals surface area contributed by atoms with Gasteiger partial charge in [0.05, 0.1) is 23.3 Å². The minimum absolute atomic E-state index is 0.0110. The molecule has 0 aliphatic rings. The fraction of sp³-hybridized carbons (Fsp3) is 0.250.